The lowest BCUT2D eigenvalue weighted by Crippen LogP contribution is -2.48. The van der Waals surface area contributed by atoms with Crippen LogP contribution in [0.25, 0.3) is 0 Å². The van der Waals surface area contributed by atoms with E-state index in [1.807, 2.05) is 6.92 Å². The molecule has 0 bridgehead atoms. The van der Waals surface area contributed by atoms with E-state index >= 15 is 0 Å². The molecular formula is C13H24N4O5S. The second-order valence-corrected chi connectivity index (χ2v) is 7.53. The Kier molecular flexibility index (Phi) is 5.61. The maximum Gasteiger partial charge on any atom is 0.343 e. The van der Waals surface area contributed by atoms with Crippen molar-refractivity contribution in [2.24, 2.45) is 7.05 Å². The number of rotatable bonds is 7. The van der Waals surface area contributed by atoms with Crippen molar-refractivity contribution >= 4 is 10.0 Å². The van der Waals surface area contributed by atoms with Crippen molar-refractivity contribution in [2.45, 2.75) is 38.3 Å². The van der Waals surface area contributed by atoms with Gasteiger partial charge in [0.15, 0.2) is 5.82 Å². The zero-order chi connectivity index (χ0) is 17.1. The molecule has 0 aromatic carbocycles. The molecule has 1 unspecified atom stereocenters. The standard InChI is InChI=1S/C13H24N4O5S/c1-4-22-13(5-7-21-8-6-13)9-23(19,20)16-10(2)11-14-15-12(18)17(11)3/h10,16H,4-9H2,1-3H3,(H,15,18). The van der Waals surface area contributed by atoms with Crippen molar-refractivity contribution in [1.29, 1.82) is 0 Å². The van der Waals surface area contributed by atoms with Gasteiger partial charge in [-0.2, -0.15) is 5.10 Å². The summed E-state index contributed by atoms with van der Waals surface area (Å²) in [6.07, 6.45) is 1.08. The van der Waals surface area contributed by atoms with Crippen LogP contribution in [0.4, 0.5) is 0 Å². The highest BCUT2D eigenvalue weighted by atomic mass is 32.2. The lowest BCUT2D eigenvalue weighted by atomic mass is 9.96. The second-order valence-electron chi connectivity index (χ2n) is 5.77. The van der Waals surface area contributed by atoms with Crippen molar-refractivity contribution in [3.63, 3.8) is 0 Å². The van der Waals surface area contributed by atoms with E-state index in [1.165, 1.54) is 11.6 Å². The third-order valence-corrected chi connectivity index (χ3v) is 5.58. The number of hydrogen-bond donors (Lipinski definition) is 2. The van der Waals surface area contributed by atoms with Crippen molar-refractivity contribution in [2.75, 3.05) is 25.6 Å². The summed E-state index contributed by atoms with van der Waals surface area (Å²) in [4.78, 5) is 11.4. The molecule has 1 aromatic heterocycles. The van der Waals surface area contributed by atoms with E-state index in [0.717, 1.165) is 0 Å². The Bertz CT molecular complexity index is 669. The van der Waals surface area contributed by atoms with E-state index in [4.69, 9.17) is 9.47 Å². The van der Waals surface area contributed by atoms with Gasteiger partial charge in [-0.3, -0.25) is 4.57 Å². The molecule has 1 aliphatic rings. The van der Waals surface area contributed by atoms with E-state index < -0.39 is 21.7 Å². The lowest BCUT2D eigenvalue weighted by molar-refractivity contribution is -0.0927. The first-order valence-electron chi connectivity index (χ1n) is 7.61. The molecule has 1 fully saturated rings. The molecule has 132 valence electrons. The molecule has 0 aliphatic carbocycles. The maximum absolute atomic E-state index is 12.5. The number of nitrogens with zero attached hydrogens (tertiary/aromatic N) is 2. The minimum atomic E-state index is -3.62. The average molecular weight is 348 g/mol. The van der Waals surface area contributed by atoms with Crippen molar-refractivity contribution < 1.29 is 17.9 Å². The summed E-state index contributed by atoms with van der Waals surface area (Å²) in [5.74, 6) is 0.191. The highest BCUT2D eigenvalue weighted by Crippen LogP contribution is 2.27. The van der Waals surface area contributed by atoms with Crippen LogP contribution < -0.4 is 10.4 Å². The summed E-state index contributed by atoms with van der Waals surface area (Å²) in [6, 6.07) is -0.623. The average Bonchev–Trinajstić information content (AvgIpc) is 2.79. The lowest BCUT2D eigenvalue weighted by Gasteiger charge is -2.36. The van der Waals surface area contributed by atoms with Gasteiger partial charge in [0.25, 0.3) is 0 Å². The number of ether oxygens (including phenoxy) is 2. The van der Waals surface area contributed by atoms with Crippen LogP contribution in [0.2, 0.25) is 0 Å². The summed E-state index contributed by atoms with van der Waals surface area (Å²) in [5.41, 5.74) is -1.11. The summed E-state index contributed by atoms with van der Waals surface area (Å²) in [7, 11) is -2.08. The Morgan fingerprint density at radius 1 is 1.48 bits per heavy atom. The smallest absolute Gasteiger partial charge is 0.343 e. The predicted octanol–water partition coefficient (Wildman–Crippen LogP) is -0.325. The molecule has 23 heavy (non-hydrogen) atoms. The first-order valence-corrected chi connectivity index (χ1v) is 9.27. The van der Waals surface area contributed by atoms with E-state index in [-0.39, 0.29) is 11.4 Å². The molecule has 0 saturated carbocycles. The van der Waals surface area contributed by atoms with E-state index in [0.29, 0.717) is 38.5 Å². The molecule has 2 N–H and O–H groups in total. The van der Waals surface area contributed by atoms with Crippen molar-refractivity contribution in [1.82, 2.24) is 19.5 Å². The van der Waals surface area contributed by atoms with Crippen LogP contribution in [0.3, 0.4) is 0 Å². The summed E-state index contributed by atoms with van der Waals surface area (Å²) in [5, 5.41) is 6.14. The minimum absolute atomic E-state index is 0.139. The first-order chi connectivity index (χ1) is 10.8. The normalized spacial score (nSPS) is 19.6. The Morgan fingerprint density at radius 2 is 2.13 bits per heavy atom. The zero-order valence-electron chi connectivity index (χ0n) is 13.7. The van der Waals surface area contributed by atoms with Crippen LogP contribution >= 0.6 is 0 Å². The van der Waals surface area contributed by atoms with Crippen molar-refractivity contribution in [3.05, 3.63) is 16.3 Å². The van der Waals surface area contributed by atoms with E-state index in [1.54, 1.807) is 6.92 Å². The van der Waals surface area contributed by atoms with Gasteiger partial charge in [-0.25, -0.2) is 23.0 Å². The molecule has 10 heteroatoms. The largest absolute Gasteiger partial charge is 0.381 e. The number of hydrogen-bond acceptors (Lipinski definition) is 6. The SMILES string of the molecule is CCOC1(CS(=O)(=O)NC(C)c2n[nH]c(=O)n2C)CCOCC1. The highest BCUT2D eigenvalue weighted by Gasteiger charge is 2.38. The first kappa shape index (κ1) is 18.1. The Morgan fingerprint density at radius 3 is 2.65 bits per heavy atom. The topological polar surface area (TPSA) is 115 Å². The fraction of sp³-hybridized carbons (Fsp3) is 0.846. The third-order valence-electron chi connectivity index (χ3n) is 3.97. The Balaban J connectivity index is 2.11. The van der Waals surface area contributed by atoms with Gasteiger partial charge in [-0.05, 0) is 13.8 Å². The van der Waals surface area contributed by atoms with Crippen molar-refractivity contribution in [3.8, 4) is 0 Å². The fourth-order valence-electron chi connectivity index (χ4n) is 2.84. The van der Waals surface area contributed by atoms with Crippen LogP contribution in [0, 0.1) is 0 Å². The van der Waals surface area contributed by atoms with Gasteiger partial charge in [0.2, 0.25) is 10.0 Å². The van der Waals surface area contributed by atoms with Gasteiger partial charge in [0, 0.05) is 39.7 Å². The monoisotopic (exact) mass is 348 g/mol. The second kappa shape index (κ2) is 7.12. The van der Waals surface area contributed by atoms with Gasteiger partial charge in [-0.15, -0.1) is 0 Å². The van der Waals surface area contributed by atoms with E-state index in [9.17, 15) is 13.2 Å². The molecule has 1 saturated heterocycles. The van der Waals surface area contributed by atoms with Gasteiger partial charge in [0.1, 0.15) is 0 Å². The van der Waals surface area contributed by atoms with Crippen LogP contribution in [0.15, 0.2) is 4.79 Å². The Hall–Kier alpha value is -1.23. The predicted molar refractivity (Wildman–Crippen MR) is 83.6 cm³/mol. The van der Waals surface area contributed by atoms with Crippen LogP contribution in [0.5, 0.6) is 0 Å². The van der Waals surface area contributed by atoms with Crippen LogP contribution in [-0.4, -0.2) is 54.4 Å². The maximum atomic E-state index is 12.5. The molecule has 9 nitrogen and oxygen atoms in total. The quantitative estimate of drug-likeness (QED) is 0.697. The zero-order valence-corrected chi connectivity index (χ0v) is 14.5. The number of aromatic amines is 1. The summed E-state index contributed by atoms with van der Waals surface area (Å²) in [6.45, 7) is 4.90. The third kappa shape index (κ3) is 4.40. The summed E-state index contributed by atoms with van der Waals surface area (Å²) < 4.78 is 39.9. The molecule has 0 amide bonds. The van der Waals surface area contributed by atoms with Gasteiger partial charge in [0.05, 0.1) is 17.4 Å². The molecular weight excluding hydrogens is 324 g/mol. The molecule has 2 heterocycles. The fourth-order valence-corrected chi connectivity index (χ4v) is 4.63. The summed E-state index contributed by atoms with van der Waals surface area (Å²) >= 11 is 0. The minimum Gasteiger partial charge on any atom is -0.381 e. The van der Waals surface area contributed by atoms with Gasteiger partial charge in [-0.1, -0.05) is 0 Å². The van der Waals surface area contributed by atoms with Crippen LogP contribution in [0.1, 0.15) is 38.6 Å². The molecule has 0 spiro atoms. The molecule has 1 aromatic rings. The number of H-pyrrole nitrogens is 1. The molecule has 1 aliphatic heterocycles. The van der Waals surface area contributed by atoms with Gasteiger partial charge < -0.3 is 9.47 Å². The molecule has 2 rings (SSSR count). The molecule has 1 atom stereocenters. The van der Waals surface area contributed by atoms with E-state index in [2.05, 4.69) is 14.9 Å². The van der Waals surface area contributed by atoms with Crippen LogP contribution in [-0.2, 0) is 26.5 Å². The highest BCUT2D eigenvalue weighted by molar-refractivity contribution is 7.89. The number of nitrogens with one attached hydrogen (secondary N) is 2. The number of aromatic nitrogens is 3. The Labute approximate surface area is 135 Å². The molecule has 0 radical (unpaired) electrons. The number of sulfonamides is 1. The van der Waals surface area contributed by atoms with Gasteiger partial charge >= 0.3 is 5.69 Å².